The molecule has 2 aromatic rings. The van der Waals surface area contributed by atoms with Crippen LogP contribution in [0.5, 0.6) is 17.2 Å². The average Bonchev–Trinajstić information content (AvgIpc) is 3.29. The van der Waals surface area contributed by atoms with Crippen LogP contribution in [0.15, 0.2) is 47.6 Å². The summed E-state index contributed by atoms with van der Waals surface area (Å²) < 4.78 is 22.0. The van der Waals surface area contributed by atoms with Crippen LogP contribution in [-0.2, 0) is 9.53 Å². The number of morpholine rings is 1. The fraction of sp³-hybridized carbons (Fsp3) is 0.417. The average molecular weight is 440 g/mol. The predicted molar refractivity (Wildman–Crippen MR) is 121 cm³/mol. The molecule has 4 rings (SSSR count). The lowest BCUT2D eigenvalue weighted by molar-refractivity contribution is -0.135. The van der Waals surface area contributed by atoms with Gasteiger partial charge in [0.15, 0.2) is 0 Å². The van der Waals surface area contributed by atoms with E-state index in [4.69, 9.17) is 24.0 Å². The molecule has 170 valence electrons. The molecule has 1 fully saturated rings. The number of hydrazone groups is 1. The maximum absolute atomic E-state index is 13.4. The molecule has 1 atom stereocenters. The van der Waals surface area contributed by atoms with Crippen molar-refractivity contribution in [2.45, 2.75) is 12.5 Å². The molecule has 0 N–H and O–H groups in total. The summed E-state index contributed by atoms with van der Waals surface area (Å²) in [6.07, 6.45) is 0.540. The highest BCUT2D eigenvalue weighted by atomic mass is 16.5. The highest BCUT2D eigenvalue weighted by Gasteiger charge is 2.36. The maximum atomic E-state index is 13.4. The van der Waals surface area contributed by atoms with Crippen LogP contribution in [0.25, 0.3) is 0 Å². The number of amides is 1. The van der Waals surface area contributed by atoms with Crippen LogP contribution in [0.2, 0.25) is 0 Å². The summed E-state index contributed by atoms with van der Waals surface area (Å²) in [5.74, 6) is 2.06. The van der Waals surface area contributed by atoms with E-state index in [1.165, 1.54) is 0 Å². The SMILES string of the molecule is COc1ccc(OC)c([C@@H]2CC(c3ccccc3OC)=NN2C(=O)CN2CCOCC2)c1. The van der Waals surface area contributed by atoms with Gasteiger partial charge in [0.05, 0.1) is 52.8 Å². The molecule has 8 nitrogen and oxygen atoms in total. The van der Waals surface area contributed by atoms with E-state index in [0.717, 1.165) is 35.7 Å². The van der Waals surface area contributed by atoms with Crippen LogP contribution in [-0.4, -0.2) is 75.7 Å². The molecule has 0 saturated carbocycles. The molecule has 2 aliphatic heterocycles. The lowest BCUT2D eigenvalue weighted by atomic mass is 9.97. The van der Waals surface area contributed by atoms with Gasteiger partial charge in [0.1, 0.15) is 17.2 Å². The van der Waals surface area contributed by atoms with Crippen molar-refractivity contribution in [3.63, 3.8) is 0 Å². The van der Waals surface area contributed by atoms with E-state index in [1.54, 1.807) is 26.3 Å². The third-order valence-electron chi connectivity index (χ3n) is 5.84. The van der Waals surface area contributed by atoms with Crippen molar-refractivity contribution in [1.29, 1.82) is 0 Å². The molecule has 2 heterocycles. The summed E-state index contributed by atoms with van der Waals surface area (Å²) in [5.41, 5.74) is 2.53. The van der Waals surface area contributed by atoms with Crippen LogP contribution in [0.4, 0.5) is 0 Å². The molecule has 0 unspecified atom stereocenters. The zero-order chi connectivity index (χ0) is 22.5. The van der Waals surface area contributed by atoms with Crippen LogP contribution in [0.1, 0.15) is 23.6 Å². The van der Waals surface area contributed by atoms with E-state index in [9.17, 15) is 4.79 Å². The summed E-state index contributed by atoms with van der Waals surface area (Å²) in [4.78, 5) is 15.5. The van der Waals surface area contributed by atoms with Gasteiger partial charge in [-0.15, -0.1) is 0 Å². The molecule has 0 aliphatic carbocycles. The highest BCUT2D eigenvalue weighted by Crippen LogP contribution is 2.40. The number of carbonyl (C=O) groups excluding carboxylic acids is 1. The molecular weight excluding hydrogens is 410 g/mol. The number of ether oxygens (including phenoxy) is 4. The van der Waals surface area contributed by atoms with Crippen LogP contribution in [0, 0.1) is 0 Å². The van der Waals surface area contributed by atoms with Gasteiger partial charge in [-0.05, 0) is 30.3 Å². The van der Waals surface area contributed by atoms with Crippen molar-refractivity contribution in [2.24, 2.45) is 5.10 Å². The Bertz CT molecular complexity index is 987. The molecule has 0 bridgehead atoms. The first-order valence-electron chi connectivity index (χ1n) is 10.7. The number of para-hydroxylation sites is 1. The van der Waals surface area contributed by atoms with E-state index in [1.807, 2.05) is 42.5 Å². The van der Waals surface area contributed by atoms with Gasteiger partial charge in [0.25, 0.3) is 5.91 Å². The fourth-order valence-electron chi connectivity index (χ4n) is 4.15. The van der Waals surface area contributed by atoms with E-state index < -0.39 is 0 Å². The second kappa shape index (κ2) is 10.0. The number of rotatable bonds is 7. The molecule has 0 aromatic heterocycles. The Morgan fingerprint density at radius 2 is 1.78 bits per heavy atom. The Morgan fingerprint density at radius 1 is 1.03 bits per heavy atom. The van der Waals surface area contributed by atoms with Gasteiger partial charge < -0.3 is 18.9 Å². The fourth-order valence-corrected chi connectivity index (χ4v) is 4.15. The van der Waals surface area contributed by atoms with E-state index >= 15 is 0 Å². The standard InChI is InChI=1S/C24H29N3O5/c1-29-17-8-9-23(31-3)19(14-17)21-15-20(18-6-4-5-7-22(18)30-2)25-27(21)24(28)16-26-10-12-32-13-11-26/h4-9,14,21H,10-13,15-16H2,1-3H3/t21-/m0/s1. The first-order chi connectivity index (χ1) is 15.6. The molecule has 8 heteroatoms. The number of methoxy groups -OCH3 is 3. The van der Waals surface area contributed by atoms with Gasteiger partial charge >= 0.3 is 0 Å². The van der Waals surface area contributed by atoms with Crippen molar-refractivity contribution >= 4 is 11.6 Å². The van der Waals surface area contributed by atoms with E-state index in [0.29, 0.717) is 31.1 Å². The highest BCUT2D eigenvalue weighted by molar-refractivity contribution is 6.05. The Kier molecular flexibility index (Phi) is 6.92. The molecule has 32 heavy (non-hydrogen) atoms. The zero-order valence-corrected chi connectivity index (χ0v) is 18.7. The van der Waals surface area contributed by atoms with E-state index in [2.05, 4.69) is 4.90 Å². The first kappa shape index (κ1) is 22.1. The van der Waals surface area contributed by atoms with Crippen LogP contribution >= 0.6 is 0 Å². The van der Waals surface area contributed by atoms with Crippen molar-refractivity contribution < 1.29 is 23.7 Å². The Balaban J connectivity index is 1.70. The summed E-state index contributed by atoms with van der Waals surface area (Å²) in [6, 6.07) is 13.0. The predicted octanol–water partition coefficient (Wildman–Crippen LogP) is 2.72. The minimum atomic E-state index is -0.312. The summed E-state index contributed by atoms with van der Waals surface area (Å²) in [6.45, 7) is 3.02. The van der Waals surface area contributed by atoms with Crippen LogP contribution < -0.4 is 14.2 Å². The Morgan fingerprint density at radius 3 is 2.50 bits per heavy atom. The van der Waals surface area contributed by atoms with Crippen molar-refractivity contribution in [1.82, 2.24) is 9.91 Å². The van der Waals surface area contributed by atoms with Gasteiger partial charge in [0, 0.05) is 30.6 Å². The zero-order valence-electron chi connectivity index (χ0n) is 18.7. The van der Waals surface area contributed by atoms with Gasteiger partial charge in [-0.1, -0.05) is 12.1 Å². The molecule has 0 radical (unpaired) electrons. The lowest BCUT2D eigenvalue weighted by Crippen LogP contribution is -2.43. The van der Waals surface area contributed by atoms with Gasteiger partial charge in [-0.2, -0.15) is 5.10 Å². The number of nitrogens with zero attached hydrogens (tertiary/aromatic N) is 3. The Hall–Kier alpha value is -3.10. The number of hydrogen-bond donors (Lipinski definition) is 0. The van der Waals surface area contributed by atoms with Crippen LogP contribution in [0.3, 0.4) is 0 Å². The Labute approximate surface area is 188 Å². The molecular formula is C24H29N3O5. The molecule has 1 saturated heterocycles. The van der Waals surface area contributed by atoms with Gasteiger partial charge in [-0.25, -0.2) is 5.01 Å². The number of benzene rings is 2. The van der Waals surface area contributed by atoms with E-state index in [-0.39, 0.29) is 18.5 Å². The smallest absolute Gasteiger partial charge is 0.257 e. The lowest BCUT2D eigenvalue weighted by Gasteiger charge is -2.29. The summed E-state index contributed by atoms with van der Waals surface area (Å²) in [5, 5.41) is 6.38. The molecule has 0 spiro atoms. The van der Waals surface area contributed by atoms with Gasteiger partial charge in [-0.3, -0.25) is 9.69 Å². The van der Waals surface area contributed by atoms with Crippen molar-refractivity contribution in [2.75, 3.05) is 54.2 Å². The summed E-state index contributed by atoms with van der Waals surface area (Å²) in [7, 11) is 4.89. The molecule has 1 amide bonds. The third-order valence-corrected chi connectivity index (χ3v) is 5.84. The molecule has 2 aromatic carbocycles. The number of hydrogen-bond acceptors (Lipinski definition) is 7. The number of carbonyl (C=O) groups is 1. The quantitative estimate of drug-likeness (QED) is 0.661. The third kappa shape index (κ3) is 4.56. The first-order valence-corrected chi connectivity index (χ1v) is 10.7. The summed E-state index contributed by atoms with van der Waals surface area (Å²) >= 11 is 0. The largest absolute Gasteiger partial charge is 0.497 e. The molecule has 2 aliphatic rings. The second-order valence-corrected chi connectivity index (χ2v) is 7.70. The normalized spacial score (nSPS) is 18.9. The minimum Gasteiger partial charge on any atom is -0.497 e. The van der Waals surface area contributed by atoms with Crippen molar-refractivity contribution in [3.8, 4) is 17.2 Å². The maximum Gasteiger partial charge on any atom is 0.257 e. The monoisotopic (exact) mass is 439 g/mol. The van der Waals surface area contributed by atoms with Crippen molar-refractivity contribution in [3.05, 3.63) is 53.6 Å². The second-order valence-electron chi connectivity index (χ2n) is 7.70. The minimum absolute atomic E-state index is 0.0633. The van der Waals surface area contributed by atoms with Gasteiger partial charge in [0.2, 0.25) is 0 Å². The topological polar surface area (TPSA) is 72.8 Å².